The van der Waals surface area contributed by atoms with Crippen molar-refractivity contribution in [1.29, 1.82) is 0 Å². The van der Waals surface area contributed by atoms with Crippen molar-refractivity contribution in [2.45, 2.75) is 16.6 Å². The normalized spacial score (nSPS) is 18.2. The summed E-state index contributed by atoms with van der Waals surface area (Å²) in [5.41, 5.74) is 0.943. The fraction of sp³-hybridized carbons (Fsp3) is 0.211. The highest BCUT2D eigenvalue weighted by Crippen LogP contribution is 2.24. The molecule has 1 amide bonds. The van der Waals surface area contributed by atoms with Crippen molar-refractivity contribution < 1.29 is 13.2 Å². The molecular weight excluding hydrogens is 322 g/mol. The second-order valence-corrected chi connectivity index (χ2v) is 8.03. The number of nitrogens with zero attached hydrogens (tertiary/aromatic N) is 1. The Bertz CT molecular complexity index is 829. The molecule has 0 N–H and O–H groups in total. The standard InChI is InChI=1S/C19H19NO3S/c21-19(12-11-16-7-3-1-4-8-16)20-14-13-18(15-20)24(22,23)17-9-5-2-6-10-17/h1-12,18H,13-15H2/b12-11+. The lowest BCUT2D eigenvalue weighted by Gasteiger charge is -2.15. The zero-order valence-corrected chi connectivity index (χ0v) is 14.0. The van der Waals surface area contributed by atoms with Gasteiger partial charge in [0.15, 0.2) is 9.84 Å². The van der Waals surface area contributed by atoms with Crippen molar-refractivity contribution >= 4 is 21.8 Å². The molecule has 124 valence electrons. The molecule has 1 fully saturated rings. The van der Waals surface area contributed by atoms with Gasteiger partial charge < -0.3 is 4.90 Å². The quantitative estimate of drug-likeness (QED) is 0.804. The minimum atomic E-state index is -3.39. The number of likely N-dealkylation sites (tertiary alicyclic amines) is 1. The minimum Gasteiger partial charge on any atom is -0.338 e. The van der Waals surface area contributed by atoms with Gasteiger partial charge in [0.1, 0.15) is 0 Å². The number of rotatable bonds is 4. The average Bonchev–Trinajstić information content (AvgIpc) is 3.12. The van der Waals surface area contributed by atoms with Gasteiger partial charge in [-0.25, -0.2) is 8.42 Å². The molecule has 1 unspecified atom stereocenters. The highest BCUT2D eigenvalue weighted by atomic mass is 32.2. The number of carbonyl (C=O) groups excluding carboxylic acids is 1. The van der Waals surface area contributed by atoms with Crippen LogP contribution in [0.4, 0.5) is 0 Å². The Kier molecular flexibility index (Phi) is 4.81. The number of hydrogen-bond acceptors (Lipinski definition) is 3. The van der Waals surface area contributed by atoms with E-state index in [0.717, 1.165) is 5.56 Å². The predicted molar refractivity (Wildman–Crippen MR) is 94.1 cm³/mol. The molecule has 1 aliphatic heterocycles. The van der Waals surface area contributed by atoms with E-state index in [0.29, 0.717) is 17.9 Å². The maximum absolute atomic E-state index is 12.6. The van der Waals surface area contributed by atoms with Crippen LogP contribution in [0.5, 0.6) is 0 Å². The topological polar surface area (TPSA) is 54.5 Å². The van der Waals surface area contributed by atoms with E-state index in [2.05, 4.69) is 0 Å². The summed E-state index contributed by atoms with van der Waals surface area (Å²) in [6.45, 7) is 0.712. The summed E-state index contributed by atoms with van der Waals surface area (Å²) in [5, 5.41) is -0.533. The molecule has 2 aromatic carbocycles. The second-order valence-electron chi connectivity index (χ2n) is 5.80. The van der Waals surface area contributed by atoms with Crippen LogP contribution in [0.1, 0.15) is 12.0 Å². The van der Waals surface area contributed by atoms with Crippen LogP contribution in [-0.2, 0) is 14.6 Å². The lowest BCUT2D eigenvalue weighted by molar-refractivity contribution is -0.124. The number of carbonyl (C=O) groups is 1. The first-order valence-corrected chi connectivity index (χ1v) is 9.43. The lowest BCUT2D eigenvalue weighted by Crippen LogP contribution is -2.30. The molecule has 2 aromatic rings. The summed E-state index contributed by atoms with van der Waals surface area (Å²) in [5.74, 6) is -0.149. The SMILES string of the molecule is O=C(/C=C/c1ccccc1)N1CCC(S(=O)(=O)c2ccccc2)C1. The van der Waals surface area contributed by atoms with Crippen LogP contribution >= 0.6 is 0 Å². The highest BCUT2D eigenvalue weighted by Gasteiger charge is 2.35. The summed E-state index contributed by atoms with van der Waals surface area (Å²) < 4.78 is 25.3. The van der Waals surface area contributed by atoms with Crippen molar-refractivity contribution in [2.24, 2.45) is 0 Å². The van der Waals surface area contributed by atoms with Gasteiger partial charge in [-0.1, -0.05) is 48.5 Å². The molecule has 4 nitrogen and oxygen atoms in total. The first-order chi connectivity index (χ1) is 11.6. The Morgan fingerprint density at radius 2 is 1.62 bits per heavy atom. The molecule has 1 aliphatic rings. The van der Waals surface area contributed by atoms with E-state index >= 15 is 0 Å². The molecule has 3 rings (SSSR count). The number of hydrogen-bond donors (Lipinski definition) is 0. The Morgan fingerprint density at radius 1 is 1.00 bits per heavy atom. The third kappa shape index (κ3) is 3.57. The molecule has 0 spiro atoms. The zero-order chi connectivity index (χ0) is 17.0. The molecular formula is C19H19NO3S. The van der Waals surface area contributed by atoms with Crippen LogP contribution in [0.2, 0.25) is 0 Å². The Balaban J connectivity index is 1.67. The largest absolute Gasteiger partial charge is 0.338 e. The molecule has 1 heterocycles. The monoisotopic (exact) mass is 341 g/mol. The third-order valence-corrected chi connectivity index (χ3v) is 6.38. The second kappa shape index (κ2) is 7.01. The third-order valence-electron chi connectivity index (χ3n) is 4.19. The fourth-order valence-corrected chi connectivity index (χ4v) is 4.53. The summed E-state index contributed by atoms with van der Waals surface area (Å²) in [6, 6.07) is 18.0. The van der Waals surface area contributed by atoms with Crippen molar-refractivity contribution in [3.63, 3.8) is 0 Å². The number of benzene rings is 2. The summed E-state index contributed by atoms with van der Waals surface area (Å²) >= 11 is 0. The van der Waals surface area contributed by atoms with Gasteiger partial charge >= 0.3 is 0 Å². The van der Waals surface area contributed by atoms with Crippen molar-refractivity contribution in [1.82, 2.24) is 4.90 Å². The first-order valence-electron chi connectivity index (χ1n) is 7.88. The summed E-state index contributed by atoms with van der Waals surface area (Å²) in [7, 11) is -3.39. The molecule has 0 aromatic heterocycles. The van der Waals surface area contributed by atoms with Crippen molar-refractivity contribution in [2.75, 3.05) is 13.1 Å². The van der Waals surface area contributed by atoms with Gasteiger partial charge in [0.25, 0.3) is 0 Å². The Labute approximate surface area is 142 Å². The van der Waals surface area contributed by atoms with Gasteiger partial charge in [0.2, 0.25) is 5.91 Å². The molecule has 0 radical (unpaired) electrons. The maximum Gasteiger partial charge on any atom is 0.246 e. The van der Waals surface area contributed by atoms with Gasteiger partial charge in [-0.2, -0.15) is 0 Å². The van der Waals surface area contributed by atoms with E-state index in [1.165, 1.54) is 6.08 Å². The Hall–Kier alpha value is -2.40. The highest BCUT2D eigenvalue weighted by molar-refractivity contribution is 7.92. The molecule has 5 heteroatoms. The molecule has 1 saturated heterocycles. The first kappa shape index (κ1) is 16.5. The van der Waals surface area contributed by atoms with E-state index < -0.39 is 15.1 Å². The summed E-state index contributed by atoms with van der Waals surface area (Å²) in [4.78, 5) is 14.2. The van der Waals surface area contributed by atoms with Crippen LogP contribution in [0.25, 0.3) is 6.08 Å². The number of amides is 1. The molecule has 0 saturated carbocycles. The predicted octanol–water partition coefficient (Wildman–Crippen LogP) is 2.77. The summed E-state index contributed by atoms with van der Waals surface area (Å²) in [6.07, 6.45) is 3.73. The number of sulfone groups is 1. The van der Waals surface area contributed by atoms with Gasteiger partial charge in [-0.3, -0.25) is 4.79 Å². The van der Waals surface area contributed by atoms with Gasteiger partial charge in [0.05, 0.1) is 10.1 Å². The molecule has 0 aliphatic carbocycles. The van der Waals surface area contributed by atoms with Crippen LogP contribution in [0.3, 0.4) is 0 Å². The van der Waals surface area contributed by atoms with Crippen molar-refractivity contribution in [3.05, 3.63) is 72.3 Å². The Morgan fingerprint density at radius 3 is 2.29 bits per heavy atom. The van der Waals surface area contributed by atoms with Crippen LogP contribution < -0.4 is 0 Å². The van der Waals surface area contributed by atoms with Gasteiger partial charge in [0, 0.05) is 19.2 Å². The maximum atomic E-state index is 12.6. The molecule has 1 atom stereocenters. The van der Waals surface area contributed by atoms with E-state index in [-0.39, 0.29) is 12.5 Å². The van der Waals surface area contributed by atoms with Crippen LogP contribution in [0.15, 0.2) is 71.6 Å². The van der Waals surface area contributed by atoms with Gasteiger partial charge in [-0.05, 0) is 30.2 Å². The smallest absolute Gasteiger partial charge is 0.246 e. The van der Waals surface area contributed by atoms with E-state index in [1.807, 2.05) is 30.3 Å². The van der Waals surface area contributed by atoms with Crippen LogP contribution in [0, 0.1) is 0 Å². The molecule has 0 bridgehead atoms. The fourth-order valence-electron chi connectivity index (χ4n) is 2.82. The zero-order valence-electron chi connectivity index (χ0n) is 13.2. The molecule has 24 heavy (non-hydrogen) atoms. The average molecular weight is 341 g/mol. The van der Waals surface area contributed by atoms with E-state index in [1.54, 1.807) is 41.3 Å². The van der Waals surface area contributed by atoms with E-state index in [9.17, 15) is 13.2 Å². The van der Waals surface area contributed by atoms with Gasteiger partial charge in [-0.15, -0.1) is 0 Å². The minimum absolute atomic E-state index is 0.149. The van der Waals surface area contributed by atoms with Crippen LogP contribution in [-0.4, -0.2) is 37.6 Å². The van der Waals surface area contributed by atoms with E-state index in [4.69, 9.17) is 0 Å². The van der Waals surface area contributed by atoms with Crippen molar-refractivity contribution in [3.8, 4) is 0 Å². The lowest BCUT2D eigenvalue weighted by atomic mass is 10.2.